The summed E-state index contributed by atoms with van der Waals surface area (Å²) >= 11 is 5.77. The third-order valence-electron chi connectivity index (χ3n) is 2.49. The number of hydrogen-bond donors (Lipinski definition) is 2. The average molecular weight is 245 g/mol. The van der Waals surface area contributed by atoms with Crippen LogP contribution in [0.1, 0.15) is 33.2 Å². The number of amides is 1. The predicted octanol–water partition coefficient (Wildman–Crippen LogP) is 1.59. The maximum absolute atomic E-state index is 11.8. The molecule has 3 N–H and O–H groups in total. The maximum atomic E-state index is 11.8. The van der Waals surface area contributed by atoms with Gasteiger partial charge in [-0.15, -0.1) is 0 Å². The monoisotopic (exact) mass is 244 g/mol. The summed E-state index contributed by atoms with van der Waals surface area (Å²) in [6.45, 7) is 5.72. The minimum absolute atomic E-state index is 0.0893. The number of nitrogens with zero attached hydrogens (tertiary/aromatic N) is 2. The second-order valence-corrected chi connectivity index (χ2v) is 4.24. The van der Waals surface area contributed by atoms with Crippen LogP contribution in [0.4, 0.5) is 5.82 Å². The van der Waals surface area contributed by atoms with Crippen molar-refractivity contribution in [1.82, 2.24) is 15.1 Å². The highest BCUT2D eigenvalue weighted by Crippen LogP contribution is 2.18. The molecule has 5 nitrogen and oxygen atoms in total. The Morgan fingerprint density at radius 2 is 2.31 bits per heavy atom. The smallest absolute Gasteiger partial charge is 0.244 e. The molecule has 2 unspecified atom stereocenters. The number of halogens is 1. The van der Waals surface area contributed by atoms with Crippen molar-refractivity contribution in [3.8, 4) is 0 Å². The Kier molecular flexibility index (Phi) is 4.18. The normalized spacial score (nSPS) is 14.5. The lowest BCUT2D eigenvalue weighted by Crippen LogP contribution is -2.37. The van der Waals surface area contributed by atoms with Gasteiger partial charge in [0.15, 0.2) is 5.82 Å². The lowest BCUT2D eigenvalue weighted by atomic mass is 10.2. The number of nitrogens with one attached hydrogen (secondary N) is 1. The second-order valence-electron chi connectivity index (χ2n) is 3.84. The Labute approximate surface area is 99.9 Å². The van der Waals surface area contributed by atoms with Gasteiger partial charge in [-0.2, -0.15) is 5.10 Å². The molecule has 0 saturated carbocycles. The number of rotatable bonds is 4. The van der Waals surface area contributed by atoms with E-state index in [2.05, 4.69) is 10.4 Å². The summed E-state index contributed by atoms with van der Waals surface area (Å²) in [5.74, 6) is 0.151. The van der Waals surface area contributed by atoms with Crippen molar-refractivity contribution in [2.75, 3.05) is 5.73 Å². The van der Waals surface area contributed by atoms with Crippen molar-refractivity contribution >= 4 is 23.3 Å². The van der Waals surface area contributed by atoms with Crippen LogP contribution < -0.4 is 11.1 Å². The van der Waals surface area contributed by atoms with Gasteiger partial charge in [0.1, 0.15) is 11.1 Å². The molecule has 1 aromatic heterocycles. The van der Waals surface area contributed by atoms with Crippen molar-refractivity contribution in [3.63, 3.8) is 0 Å². The molecule has 2 atom stereocenters. The van der Waals surface area contributed by atoms with Gasteiger partial charge in [0, 0.05) is 12.2 Å². The number of carbonyl (C=O) groups excluding carboxylic acids is 1. The first-order valence-electron chi connectivity index (χ1n) is 5.26. The fraction of sp³-hybridized carbons (Fsp3) is 0.600. The quantitative estimate of drug-likeness (QED) is 0.845. The fourth-order valence-corrected chi connectivity index (χ4v) is 1.31. The van der Waals surface area contributed by atoms with Crippen LogP contribution in [0.2, 0.25) is 5.02 Å². The molecule has 0 aliphatic rings. The predicted molar refractivity (Wildman–Crippen MR) is 64.3 cm³/mol. The van der Waals surface area contributed by atoms with Crippen LogP contribution >= 0.6 is 11.6 Å². The zero-order valence-electron chi connectivity index (χ0n) is 9.70. The molecule has 0 bridgehead atoms. The Balaban J connectivity index is 2.70. The zero-order valence-corrected chi connectivity index (χ0v) is 10.5. The van der Waals surface area contributed by atoms with Gasteiger partial charge in [-0.3, -0.25) is 9.48 Å². The first-order valence-corrected chi connectivity index (χ1v) is 5.64. The van der Waals surface area contributed by atoms with Crippen LogP contribution in [0.15, 0.2) is 6.20 Å². The first-order chi connectivity index (χ1) is 7.45. The summed E-state index contributed by atoms with van der Waals surface area (Å²) < 4.78 is 1.47. The van der Waals surface area contributed by atoms with E-state index in [4.69, 9.17) is 17.3 Å². The summed E-state index contributed by atoms with van der Waals surface area (Å²) in [6, 6.07) is -0.262. The number of nitrogen functional groups attached to an aromatic ring is 1. The maximum Gasteiger partial charge on any atom is 0.244 e. The number of nitrogens with two attached hydrogens (primary N) is 1. The number of hydrogen-bond acceptors (Lipinski definition) is 3. The molecule has 6 heteroatoms. The number of carbonyl (C=O) groups is 1. The third-order valence-corrected chi connectivity index (χ3v) is 2.78. The molecule has 0 aliphatic heterocycles. The van der Waals surface area contributed by atoms with Gasteiger partial charge < -0.3 is 11.1 Å². The molecule has 16 heavy (non-hydrogen) atoms. The van der Waals surface area contributed by atoms with Gasteiger partial charge in [0.05, 0.1) is 0 Å². The first kappa shape index (κ1) is 12.8. The summed E-state index contributed by atoms with van der Waals surface area (Å²) in [7, 11) is 0. The Morgan fingerprint density at radius 3 is 2.75 bits per heavy atom. The molecule has 1 aromatic rings. The van der Waals surface area contributed by atoms with Gasteiger partial charge in [-0.25, -0.2) is 0 Å². The van der Waals surface area contributed by atoms with Crippen LogP contribution in [0.25, 0.3) is 0 Å². The van der Waals surface area contributed by atoms with Crippen molar-refractivity contribution in [1.29, 1.82) is 0 Å². The van der Waals surface area contributed by atoms with E-state index in [-0.39, 0.29) is 17.8 Å². The molecule has 0 fully saturated rings. The zero-order chi connectivity index (χ0) is 12.3. The summed E-state index contributed by atoms with van der Waals surface area (Å²) in [5.41, 5.74) is 5.51. The van der Waals surface area contributed by atoms with Crippen molar-refractivity contribution in [2.24, 2.45) is 0 Å². The highest BCUT2D eigenvalue weighted by atomic mass is 35.5. The third kappa shape index (κ3) is 2.88. The van der Waals surface area contributed by atoms with Gasteiger partial charge in [0.25, 0.3) is 0 Å². The standard InChI is InChI=1S/C10H17ClN4O/c1-4-6(2)13-10(16)7(3)15-5-8(11)9(12)14-15/h5-7H,4H2,1-3H3,(H2,12,14)(H,13,16). The molecule has 0 aliphatic carbocycles. The summed E-state index contributed by atoms with van der Waals surface area (Å²) in [4.78, 5) is 11.8. The largest absolute Gasteiger partial charge is 0.381 e. The van der Waals surface area contributed by atoms with Gasteiger partial charge in [0.2, 0.25) is 5.91 Å². The van der Waals surface area contributed by atoms with E-state index < -0.39 is 6.04 Å². The lowest BCUT2D eigenvalue weighted by Gasteiger charge is -2.16. The Morgan fingerprint density at radius 1 is 1.69 bits per heavy atom. The Bertz CT molecular complexity index is 357. The van der Waals surface area contributed by atoms with E-state index in [0.717, 1.165) is 6.42 Å². The Hall–Kier alpha value is -1.23. The van der Waals surface area contributed by atoms with E-state index in [9.17, 15) is 4.79 Å². The minimum atomic E-state index is -0.413. The van der Waals surface area contributed by atoms with E-state index in [1.165, 1.54) is 4.68 Å². The molecular weight excluding hydrogens is 228 g/mol. The van der Waals surface area contributed by atoms with Crippen molar-refractivity contribution in [3.05, 3.63) is 11.2 Å². The van der Waals surface area contributed by atoms with Crippen LogP contribution in [-0.4, -0.2) is 21.7 Å². The van der Waals surface area contributed by atoms with Crippen LogP contribution in [0.3, 0.4) is 0 Å². The van der Waals surface area contributed by atoms with E-state index >= 15 is 0 Å². The average Bonchev–Trinajstić information content (AvgIpc) is 2.57. The van der Waals surface area contributed by atoms with Crippen LogP contribution in [-0.2, 0) is 4.79 Å². The molecule has 0 aromatic carbocycles. The molecule has 1 rings (SSSR count). The van der Waals surface area contributed by atoms with E-state index in [1.807, 2.05) is 13.8 Å². The van der Waals surface area contributed by atoms with Crippen molar-refractivity contribution < 1.29 is 4.79 Å². The van der Waals surface area contributed by atoms with Gasteiger partial charge >= 0.3 is 0 Å². The molecule has 0 radical (unpaired) electrons. The second kappa shape index (κ2) is 5.21. The lowest BCUT2D eigenvalue weighted by molar-refractivity contribution is -0.124. The van der Waals surface area contributed by atoms with Gasteiger partial charge in [-0.05, 0) is 20.3 Å². The molecule has 90 valence electrons. The highest BCUT2D eigenvalue weighted by Gasteiger charge is 2.18. The summed E-state index contributed by atoms with van der Waals surface area (Å²) in [5, 5.41) is 7.20. The number of anilines is 1. The molecule has 1 amide bonds. The molecule has 1 heterocycles. The van der Waals surface area contributed by atoms with Gasteiger partial charge in [-0.1, -0.05) is 18.5 Å². The SMILES string of the molecule is CCC(C)NC(=O)C(C)n1cc(Cl)c(N)n1. The summed E-state index contributed by atoms with van der Waals surface area (Å²) in [6.07, 6.45) is 2.44. The minimum Gasteiger partial charge on any atom is -0.381 e. The highest BCUT2D eigenvalue weighted by molar-refractivity contribution is 6.32. The van der Waals surface area contributed by atoms with E-state index in [0.29, 0.717) is 5.02 Å². The fourth-order valence-electron chi connectivity index (χ4n) is 1.17. The molecule has 0 spiro atoms. The topological polar surface area (TPSA) is 72.9 Å². The molecular formula is C10H17ClN4O. The number of aromatic nitrogens is 2. The van der Waals surface area contributed by atoms with Crippen LogP contribution in [0, 0.1) is 0 Å². The van der Waals surface area contributed by atoms with Crippen LogP contribution in [0.5, 0.6) is 0 Å². The molecule has 0 saturated heterocycles. The van der Waals surface area contributed by atoms with Crippen molar-refractivity contribution in [2.45, 2.75) is 39.3 Å². The van der Waals surface area contributed by atoms with E-state index in [1.54, 1.807) is 13.1 Å².